The summed E-state index contributed by atoms with van der Waals surface area (Å²) >= 11 is 1.47. The third-order valence-corrected chi connectivity index (χ3v) is 5.95. The van der Waals surface area contributed by atoms with Crippen molar-refractivity contribution in [2.75, 3.05) is 7.11 Å². The van der Waals surface area contributed by atoms with Gasteiger partial charge in [0, 0.05) is 30.0 Å². The maximum absolute atomic E-state index is 14.0. The van der Waals surface area contributed by atoms with Crippen LogP contribution in [0.3, 0.4) is 0 Å². The second kappa shape index (κ2) is 5.96. The average Bonchev–Trinajstić information content (AvgIpc) is 3.18. The molecular formula is C19H19F2N3OS. The molecule has 26 heavy (non-hydrogen) atoms. The molecule has 1 N–H and O–H groups in total. The van der Waals surface area contributed by atoms with Crippen molar-refractivity contribution in [3.05, 3.63) is 63.3 Å². The molecule has 0 bridgehead atoms. The predicted octanol–water partition coefficient (Wildman–Crippen LogP) is 4.14. The van der Waals surface area contributed by atoms with E-state index >= 15 is 0 Å². The Hall–Kier alpha value is -2.12. The lowest BCUT2D eigenvalue weighted by molar-refractivity contribution is 0.0971. The third kappa shape index (κ3) is 2.57. The van der Waals surface area contributed by atoms with Gasteiger partial charge in [0.05, 0.1) is 5.60 Å². The van der Waals surface area contributed by atoms with Crippen molar-refractivity contribution in [1.82, 2.24) is 10.3 Å². The van der Waals surface area contributed by atoms with Crippen LogP contribution in [-0.2, 0) is 10.3 Å². The fourth-order valence-corrected chi connectivity index (χ4v) is 4.40. The number of allylic oxidation sites excluding steroid dienone is 1. The first kappa shape index (κ1) is 17.3. The number of ether oxygens (including phenoxy) is 1. The van der Waals surface area contributed by atoms with Gasteiger partial charge in [-0.3, -0.25) is 0 Å². The van der Waals surface area contributed by atoms with Gasteiger partial charge in [-0.25, -0.2) is 18.8 Å². The third-order valence-electron chi connectivity index (χ3n) is 5.17. The summed E-state index contributed by atoms with van der Waals surface area (Å²) in [6.07, 6.45) is 3.46. The maximum Gasteiger partial charge on any atom is 0.163 e. The highest BCUT2D eigenvalue weighted by Gasteiger charge is 2.55. The molecule has 2 aromatic rings. The highest BCUT2D eigenvalue weighted by Crippen LogP contribution is 2.55. The second-order valence-electron chi connectivity index (χ2n) is 6.82. The number of nitrogens with zero attached hydrogens (tertiary/aromatic N) is 2. The molecule has 1 saturated carbocycles. The Labute approximate surface area is 154 Å². The Bertz CT molecular complexity index is 919. The molecule has 0 saturated heterocycles. The molecular weight excluding hydrogens is 356 g/mol. The SMILES string of the molecule is COC1(C2=C(C)NC(c3nccs3)=NC2(C)c2ccc(F)c(F)c2)CC1. The highest BCUT2D eigenvalue weighted by molar-refractivity contribution is 7.11. The molecule has 1 aromatic heterocycles. The first-order valence-corrected chi connectivity index (χ1v) is 9.27. The van der Waals surface area contributed by atoms with Crippen LogP contribution in [0.5, 0.6) is 0 Å². The van der Waals surface area contributed by atoms with E-state index in [9.17, 15) is 8.78 Å². The van der Waals surface area contributed by atoms with Gasteiger partial charge >= 0.3 is 0 Å². The van der Waals surface area contributed by atoms with Crippen LogP contribution in [0.1, 0.15) is 37.3 Å². The summed E-state index contributed by atoms with van der Waals surface area (Å²) in [5, 5.41) is 5.95. The Morgan fingerprint density at radius 1 is 1.23 bits per heavy atom. The highest BCUT2D eigenvalue weighted by atomic mass is 32.1. The maximum atomic E-state index is 14.0. The van der Waals surface area contributed by atoms with E-state index < -0.39 is 22.8 Å². The summed E-state index contributed by atoms with van der Waals surface area (Å²) in [7, 11) is 1.68. The number of rotatable bonds is 4. The van der Waals surface area contributed by atoms with Gasteiger partial charge in [-0.15, -0.1) is 11.3 Å². The zero-order chi connectivity index (χ0) is 18.5. The predicted molar refractivity (Wildman–Crippen MR) is 97.2 cm³/mol. The summed E-state index contributed by atoms with van der Waals surface area (Å²) in [5.41, 5.74) is 1.16. The minimum Gasteiger partial charge on any atom is -0.374 e. The second-order valence-corrected chi connectivity index (χ2v) is 7.72. The molecule has 1 aliphatic carbocycles. The van der Waals surface area contributed by atoms with Gasteiger partial charge in [0.2, 0.25) is 0 Å². The van der Waals surface area contributed by atoms with Crippen LogP contribution < -0.4 is 5.32 Å². The Balaban J connectivity index is 1.92. The largest absolute Gasteiger partial charge is 0.374 e. The number of amidine groups is 1. The quantitative estimate of drug-likeness (QED) is 0.874. The number of thiazole rings is 1. The Morgan fingerprint density at radius 2 is 2.00 bits per heavy atom. The number of aliphatic imine (C=N–C) groups is 1. The normalized spacial score (nSPS) is 24.3. The van der Waals surface area contributed by atoms with Crippen molar-refractivity contribution >= 4 is 17.2 Å². The average molecular weight is 375 g/mol. The fourth-order valence-electron chi connectivity index (χ4n) is 3.82. The number of benzene rings is 1. The van der Waals surface area contributed by atoms with Crippen molar-refractivity contribution < 1.29 is 13.5 Å². The standard InChI is InChI=1S/C19H19F2N3OS/c1-11-15(19(25-3)6-7-19)18(2,12-4-5-13(20)14(21)10-12)24-16(23-11)17-22-8-9-26-17/h4-5,8-10H,6-7H2,1-3H3,(H,23,24). The molecule has 1 aliphatic heterocycles. The monoisotopic (exact) mass is 375 g/mol. The van der Waals surface area contributed by atoms with E-state index in [4.69, 9.17) is 9.73 Å². The van der Waals surface area contributed by atoms with E-state index in [1.807, 2.05) is 19.2 Å². The van der Waals surface area contributed by atoms with E-state index in [0.29, 0.717) is 11.4 Å². The molecule has 136 valence electrons. The van der Waals surface area contributed by atoms with Crippen molar-refractivity contribution in [3.8, 4) is 0 Å². The van der Waals surface area contributed by atoms with E-state index in [0.717, 1.165) is 35.2 Å². The van der Waals surface area contributed by atoms with Crippen LogP contribution in [-0.4, -0.2) is 23.5 Å². The fraction of sp³-hybridized carbons (Fsp3) is 0.368. The lowest BCUT2D eigenvalue weighted by atomic mass is 9.78. The van der Waals surface area contributed by atoms with Crippen LogP contribution in [0, 0.1) is 11.6 Å². The summed E-state index contributed by atoms with van der Waals surface area (Å²) in [6.45, 7) is 3.89. The van der Waals surface area contributed by atoms with Gasteiger partial charge in [-0.2, -0.15) is 0 Å². The molecule has 1 unspecified atom stereocenters. The van der Waals surface area contributed by atoms with Gasteiger partial charge in [0.15, 0.2) is 22.5 Å². The number of hydrogen-bond acceptors (Lipinski definition) is 5. The minimum absolute atomic E-state index is 0.422. The first-order valence-electron chi connectivity index (χ1n) is 8.39. The molecule has 1 aromatic carbocycles. The summed E-state index contributed by atoms with van der Waals surface area (Å²) in [5.74, 6) is -1.13. The molecule has 1 fully saturated rings. The molecule has 4 nitrogen and oxygen atoms in total. The lowest BCUT2D eigenvalue weighted by Crippen LogP contribution is -2.43. The topological polar surface area (TPSA) is 46.5 Å². The van der Waals surface area contributed by atoms with Crippen molar-refractivity contribution in [2.24, 2.45) is 4.99 Å². The number of halogens is 2. The molecule has 0 spiro atoms. The summed E-state index contributed by atoms with van der Waals surface area (Å²) < 4.78 is 33.3. The number of nitrogens with one attached hydrogen (secondary N) is 1. The van der Waals surface area contributed by atoms with E-state index in [1.54, 1.807) is 19.4 Å². The minimum atomic E-state index is -0.882. The molecule has 7 heteroatoms. The molecule has 2 aliphatic rings. The summed E-state index contributed by atoms with van der Waals surface area (Å²) in [4.78, 5) is 9.24. The van der Waals surface area contributed by atoms with Crippen LogP contribution in [0.2, 0.25) is 0 Å². The van der Waals surface area contributed by atoms with Crippen LogP contribution in [0.15, 0.2) is 46.0 Å². The smallest absolute Gasteiger partial charge is 0.163 e. The van der Waals surface area contributed by atoms with Gasteiger partial charge < -0.3 is 10.1 Å². The van der Waals surface area contributed by atoms with Crippen molar-refractivity contribution in [2.45, 2.75) is 37.8 Å². The van der Waals surface area contributed by atoms with Crippen molar-refractivity contribution in [3.63, 3.8) is 0 Å². The number of aromatic nitrogens is 1. The Kier molecular flexibility index (Phi) is 3.96. The van der Waals surface area contributed by atoms with E-state index in [2.05, 4.69) is 10.3 Å². The van der Waals surface area contributed by atoms with Gasteiger partial charge in [0.25, 0.3) is 0 Å². The zero-order valence-electron chi connectivity index (χ0n) is 14.8. The molecule has 0 radical (unpaired) electrons. The zero-order valence-corrected chi connectivity index (χ0v) is 15.6. The molecule has 0 amide bonds. The van der Waals surface area contributed by atoms with Gasteiger partial charge in [0.1, 0.15) is 5.54 Å². The van der Waals surface area contributed by atoms with Gasteiger partial charge in [-0.1, -0.05) is 6.07 Å². The summed E-state index contributed by atoms with van der Waals surface area (Å²) in [6, 6.07) is 3.96. The van der Waals surface area contributed by atoms with Crippen LogP contribution in [0.4, 0.5) is 8.78 Å². The van der Waals surface area contributed by atoms with E-state index in [-0.39, 0.29) is 0 Å². The van der Waals surface area contributed by atoms with E-state index in [1.165, 1.54) is 17.4 Å². The van der Waals surface area contributed by atoms with Crippen LogP contribution in [0.25, 0.3) is 0 Å². The number of methoxy groups -OCH3 is 1. The van der Waals surface area contributed by atoms with Gasteiger partial charge in [-0.05, 0) is 44.4 Å². The van der Waals surface area contributed by atoms with Crippen LogP contribution >= 0.6 is 11.3 Å². The molecule has 2 heterocycles. The molecule has 4 rings (SSSR count). The Morgan fingerprint density at radius 3 is 2.58 bits per heavy atom. The lowest BCUT2D eigenvalue weighted by Gasteiger charge is -2.39. The van der Waals surface area contributed by atoms with Crippen molar-refractivity contribution in [1.29, 1.82) is 0 Å². The molecule has 1 atom stereocenters. The number of hydrogen-bond donors (Lipinski definition) is 1. The first-order chi connectivity index (χ1) is 12.4.